The van der Waals surface area contributed by atoms with E-state index in [1.54, 1.807) is 24.3 Å². The summed E-state index contributed by atoms with van der Waals surface area (Å²) in [6.07, 6.45) is 0. The molecule has 1 aromatic carbocycles. The predicted octanol–water partition coefficient (Wildman–Crippen LogP) is 1.88. The Morgan fingerprint density at radius 1 is 1.29 bits per heavy atom. The molecule has 1 rings (SSSR count). The Bertz CT molecular complexity index is 351. The SMILES string of the molecule is CCN(CC)CCOC(=O)c1ccc(N)cc1.[H+]. The molecule has 17 heavy (non-hydrogen) atoms. The lowest BCUT2D eigenvalue weighted by Gasteiger charge is -2.17. The zero-order chi connectivity index (χ0) is 12.7. The first-order valence-corrected chi connectivity index (χ1v) is 5.92. The number of ether oxygens (including phenoxy) is 1. The van der Waals surface area contributed by atoms with Crippen molar-refractivity contribution in [2.45, 2.75) is 13.8 Å². The van der Waals surface area contributed by atoms with Gasteiger partial charge < -0.3 is 15.4 Å². The van der Waals surface area contributed by atoms with Crippen molar-refractivity contribution in [2.75, 3.05) is 32.0 Å². The van der Waals surface area contributed by atoms with Gasteiger partial charge in [-0.05, 0) is 37.4 Å². The van der Waals surface area contributed by atoms with Crippen LogP contribution in [0, 0.1) is 0 Å². The molecule has 0 aromatic heterocycles. The lowest BCUT2D eigenvalue weighted by atomic mass is 10.2. The second-order valence-corrected chi connectivity index (χ2v) is 3.78. The van der Waals surface area contributed by atoms with Crippen LogP contribution in [0.4, 0.5) is 5.69 Å². The third-order valence-corrected chi connectivity index (χ3v) is 2.68. The zero-order valence-electron chi connectivity index (χ0n) is 11.5. The Kier molecular flexibility index (Phi) is 5.49. The van der Waals surface area contributed by atoms with E-state index in [4.69, 9.17) is 10.5 Å². The number of hydrogen-bond acceptors (Lipinski definition) is 4. The minimum atomic E-state index is -0.294. The number of hydrogen-bond donors (Lipinski definition) is 1. The lowest BCUT2D eigenvalue weighted by molar-refractivity contribution is 0.0466. The topological polar surface area (TPSA) is 55.6 Å². The Morgan fingerprint density at radius 3 is 2.41 bits per heavy atom. The van der Waals surface area contributed by atoms with Gasteiger partial charge in [-0.1, -0.05) is 13.8 Å². The summed E-state index contributed by atoms with van der Waals surface area (Å²) >= 11 is 0. The maximum absolute atomic E-state index is 11.6. The van der Waals surface area contributed by atoms with E-state index in [1.165, 1.54) is 0 Å². The van der Waals surface area contributed by atoms with Crippen molar-refractivity contribution >= 4 is 11.7 Å². The number of anilines is 1. The van der Waals surface area contributed by atoms with Gasteiger partial charge in [-0.15, -0.1) is 0 Å². The fraction of sp³-hybridized carbons (Fsp3) is 0.462. The van der Waals surface area contributed by atoms with Gasteiger partial charge in [0.1, 0.15) is 6.61 Å². The standard InChI is InChI=1S/C13H20N2O2/c1-3-15(4-2)9-10-17-13(16)11-5-7-12(14)8-6-11/h5-8H,3-4,9-10,14H2,1-2H3/p+1. The zero-order valence-corrected chi connectivity index (χ0v) is 10.5. The number of nitrogen functional groups attached to an aromatic ring is 1. The van der Waals surface area contributed by atoms with Crippen LogP contribution in [-0.4, -0.2) is 37.1 Å². The number of carbonyl (C=O) groups excluding carboxylic acids is 1. The van der Waals surface area contributed by atoms with E-state index in [-0.39, 0.29) is 7.40 Å². The van der Waals surface area contributed by atoms with Crippen molar-refractivity contribution in [1.29, 1.82) is 0 Å². The smallest absolute Gasteiger partial charge is 0.461 e. The molecule has 4 heteroatoms. The maximum atomic E-state index is 11.6. The molecule has 0 radical (unpaired) electrons. The van der Waals surface area contributed by atoms with Gasteiger partial charge in [0, 0.05) is 12.2 Å². The van der Waals surface area contributed by atoms with Crippen LogP contribution in [0.5, 0.6) is 0 Å². The molecule has 0 spiro atoms. The number of likely N-dealkylation sites (N-methyl/N-ethyl adjacent to an activating group) is 1. The van der Waals surface area contributed by atoms with Crippen molar-refractivity contribution in [3.63, 3.8) is 0 Å². The van der Waals surface area contributed by atoms with Gasteiger partial charge in [0.2, 0.25) is 0 Å². The van der Waals surface area contributed by atoms with Crippen LogP contribution in [-0.2, 0) is 4.74 Å². The Hall–Kier alpha value is -1.55. The molecule has 0 aliphatic heterocycles. The van der Waals surface area contributed by atoms with Crippen LogP contribution in [0.25, 0.3) is 0 Å². The first kappa shape index (κ1) is 13.5. The minimum Gasteiger partial charge on any atom is -0.461 e. The van der Waals surface area contributed by atoms with Crippen molar-refractivity contribution in [2.24, 2.45) is 0 Å². The predicted molar refractivity (Wildman–Crippen MR) is 70.0 cm³/mol. The molecular formula is C13H21N2O2+. The molecule has 94 valence electrons. The summed E-state index contributed by atoms with van der Waals surface area (Å²) < 4.78 is 5.18. The third-order valence-electron chi connectivity index (χ3n) is 2.68. The Morgan fingerprint density at radius 2 is 1.88 bits per heavy atom. The molecule has 0 saturated heterocycles. The average Bonchev–Trinajstić information content (AvgIpc) is 2.35. The van der Waals surface area contributed by atoms with Crippen LogP contribution in [0.3, 0.4) is 0 Å². The van der Waals surface area contributed by atoms with Crippen LogP contribution in [0.2, 0.25) is 0 Å². The highest BCUT2D eigenvalue weighted by Gasteiger charge is 2.07. The van der Waals surface area contributed by atoms with E-state index in [2.05, 4.69) is 18.7 Å². The van der Waals surface area contributed by atoms with Gasteiger partial charge in [0.15, 0.2) is 0 Å². The van der Waals surface area contributed by atoms with Crippen molar-refractivity contribution in [3.05, 3.63) is 29.8 Å². The molecule has 0 heterocycles. The molecule has 2 N–H and O–H groups in total. The van der Waals surface area contributed by atoms with Crippen LogP contribution in [0.1, 0.15) is 25.6 Å². The van der Waals surface area contributed by atoms with Gasteiger partial charge in [-0.25, -0.2) is 4.79 Å². The van der Waals surface area contributed by atoms with Gasteiger partial charge in [-0.3, -0.25) is 0 Å². The number of rotatable bonds is 6. The number of benzene rings is 1. The monoisotopic (exact) mass is 237 g/mol. The summed E-state index contributed by atoms with van der Waals surface area (Å²) in [5, 5.41) is 0. The molecule has 0 saturated carbocycles. The summed E-state index contributed by atoms with van der Waals surface area (Å²) in [5.41, 5.74) is 6.73. The number of nitrogens with zero attached hydrogens (tertiary/aromatic N) is 1. The van der Waals surface area contributed by atoms with Crippen molar-refractivity contribution in [3.8, 4) is 0 Å². The fourth-order valence-electron chi connectivity index (χ4n) is 1.51. The van der Waals surface area contributed by atoms with E-state index in [9.17, 15) is 4.79 Å². The van der Waals surface area contributed by atoms with Crippen LogP contribution < -0.4 is 5.73 Å². The van der Waals surface area contributed by atoms with E-state index in [0.717, 1.165) is 19.6 Å². The molecule has 0 amide bonds. The van der Waals surface area contributed by atoms with E-state index in [1.807, 2.05) is 0 Å². The Balaban J connectivity index is 0.00000289. The molecular weight excluding hydrogens is 216 g/mol. The number of carbonyl (C=O) groups is 1. The molecule has 1 aromatic rings. The highest BCUT2D eigenvalue weighted by Crippen LogP contribution is 2.06. The third kappa shape index (κ3) is 4.44. The fourth-order valence-corrected chi connectivity index (χ4v) is 1.51. The second-order valence-electron chi connectivity index (χ2n) is 3.78. The molecule has 0 atom stereocenters. The molecule has 0 fully saturated rings. The summed E-state index contributed by atoms with van der Waals surface area (Å²) in [6.45, 7) is 7.31. The lowest BCUT2D eigenvalue weighted by Crippen LogP contribution is -2.27. The second kappa shape index (κ2) is 6.91. The van der Waals surface area contributed by atoms with Gasteiger partial charge >= 0.3 is 7.40 Å². The number of esters is 1. The van der Waals surface area contributed by atoms with Gasteiger partial charge in [-0.2, -0.15) is 0 Å². The van der Waals surface area contributed by atoms with E-state index >= 15 is 0 Å². The molecule has 0 bridgehead atoms. The quantitative estimate of drug-likeness (QED) is 0.606. The molecule has 0 unspecified atom stereocenters. The first-order valence-electron chi connectivity index (χ1n) is 5.92. The van der Waals surface area contributed by atoms with Crippen LogP contribution in [0.15, 0.2) is 24.3 Å². The van der Waals surface area contributed by atoms with Crippen LogP contribution >= 0.6 is 0 Å². The maximum Gasteiger partial charge on any atom is 1.00 e. The molecule has 0 aliphatic rings. The van der Waals surface area contributed by atoms with E-state index in [0.29, 0.717) is 17.9 Å². The Labute approximate surface area is 104 Å². The number of nitrogens with two attached hydrogens (primary N) is 1. The first-order chi connectivity index (χ1) is 8.17. The summed E-state index contributed by atoms with van der Waals surface area (Å²) in [6, 6.07) is 6.74. The summed E-state index contributed by atoms with van der Waals surface area (Å²) in [5.74, 6) is -0.294. The van der Waals surface area contributed by atoms with Crippen molar-refractivity contribution < 1.29 is 11.0 Å². The largest absolute Gasteiger partial charge is 1.00 e. The normalized spacial score (nSPS) is 10.5. The molecule has 0 aliphatic carbocycles. The summed E-state index contributed by atoms with van der Waals surface area (Å²) in [7, 11) is 0. The van der Waals surface area contributed by atoms with Gasteiger partial charge in [0.25, 0.3) is 0 Å². The highest BCUT2D eigenvalue weighted by atomic mass is 16.5. The average molecular weight is 237 g/mol. The minimum absolute atomic E-state index is 0. The van der Waals surface area contributed by atoms with Crippen molar-refractivity contribution in [1.82, 2.24) is 4.90 Å². The van der Waals surface area contributed by atoms with Gasteiger partial charge in [0.05, 0.1) is 5.56 Å². The molecule has 4 nitrogen and oxygen atoms in total. The van der Waals surface area contributed by atoms with E-state index < -0.39 is 0 Å². The highest BCUT2D eigenvalue weighted by molar-refractivity contribution is 5.89. The summed E-state index contributed by atoms with van der Waals surface area (Å²) in [4.78, 5) is 13.8.